The Morgan fingerprint density at radius 3 is 2.38 bits per heavy atom. The minimum absolute atomic E-state index is 0.0231. The molecule has 0 unspecified atom stereocenters. The molecule has 2 aromatic rings. The Balaban J connectivity index is 1.92. The molecular formula is C20H24N2O6S. The van der Waals surface area contributed by atoms with Gasteiger partial charge in [0.2, 0.25) is 15.9 Å². The van der Waals surface area contributed by atoms with E-state index in [0.29, 0.717) is 18.7 Å². The monoisotopic (exact) mass is 420 g/mol. The van der Waals surface area contributed by atoms with Crippen molar-refractivity contribution in [2.24, 2.45) is 0 Å². The zero-order chi connectivity index (χ0) is 21.3. The summed E-state index contributed by atoms with van der Waals surface area (Å²) in [6, 6.07) is 13.2. The van der Waals surface area contributed by atoms with Gasteiger partial charge in [-0.25, -0.2) is 8.42 Å². The number of aryl methyl sites for hydroxylation is 1. The van der Waals surface area contributed by atoms with Crippen molar-refractivity contribution in [2.75, 3.05) is 25.6 Å². The van der Waals surface area contributed by atoms with Gasteiger partial charge >= 0.3 is 5.97 Å². The van der Waals surface area contributed by atoms with Crippen LogP contribution in [0.15, 0.2) is 53.4 Å². The van der Waals surface area contributed by atoms with Gasteiger partial charge in [0.1, 0.15) is 12.3 Å². The quantitative estimate of drug-likeness (QED) is 0.570. The molecule has 0 fully saturated rings. The normalized spacial score (nSPS) is 11.0. The van der Waals surface area contributed by atoms with Crippen molar-refractivity contribution < 1.29 is 27.5 Å². The fraction of sp³-hybridized carbons (Fsp3) is 0.300. The topological polar surface area (TPSA) is 111 Å². The van der Waals surface area contributed by atoms with Crippen LogP contribution in [0.3, 0.4) is 0 Å². The number of amides is 1. The number of hydrogen-bond acceptors (Lipinski definition) is 6. The number of carbonyl (C=O) groups is 2. The number of carbonyl (C=O) groups excluding carboxylic acids is 2. The number of benzene rings is 2. The van der Waals surface area contributed by atoms with Crippen LogP contribution in [-0.4, -0.2) is 40.6 Å². The van der Waals surface area contributed by atoms with Gasteiger partial charge in [0.15, 0.2) is 0 Å². The van der Waals surface area contributed by atoms with Crippen molar-refractivity contribution >= 4 is 27.6 Å². The van der Waals surface area contributed by atoms with Gasteiger partial charge in [-0.3, -0.25) is 9.59 Å². The maximum absolute atomic E-state index is 12.2. The van der Waals surface area contributed by atoms with E-state index in [2.05, 4.69) is 14.8 Å². The predicted molar refractivity (Wildman–Crippen MR) is 108 cm³/mol. The summed E-state index contributed by atoms with van der Waals surface area (Å²) in [5.41, 5.74) is 1.42. The Labute approximate surface area is 170 Å². The lowest BCUT2D eigenvalue weighted by atomic mass is 10.1. The molecule has 0 saturated carbocycles. The van der Waals surface area contributed by atoms with Crippen molar-refractivity contribution in [2.45, 2.75) is 24.7 Å². The van der Waals surface area contributed by atoms with Crippen LogP contribution in [0, 0.1) is 0 Å². The van der Waals surface area contributed by atoms with Crippen LogP contribution < -0.4 is 14.8 Å². The smallest absolute Gasteiger partial charge is 0.320 e. The summed E-state index contributed by atoms with van der Waals surface area (Å²) >= 11 is 0. The zero-order valence-corrected chi connectivity index (χ0v) is 17.1. The fourth-order valence-electron chi connectivity index (χ4n) is 2.51. The third-order valence-electron chi connectivity index (χ3n) is 3.98. The number of methoxy groups -OCH3 is 1. The highest BCUT2D eigenvalue weighted by molar-refractivity contribution is 7.89. The summed E-state index contributed by atoms with van der Waals surface area (Å²) in [7, 11) is -2.67. The van der Waals surface area contributed by atoms with E-state index < -0.39 is 22.5 Å². The Morgan fingerprint density at radius 1 is 1.03 bits per heavy atom. The molecule has 0 bridgehead atoms. The number of nitrogens with one attached hydrogen (secondary N) is 2. The molecule has 156 valence electrons. The van der Waals surface area contributed by atoms with E-state index in [0.717, 1.165) is 11.3 Å². The van der Waals surface area contributed by atoms with E-state index in [9.17, 15) is 18.0 Å². The van der Waals surface area contributed by atoms with Crippen molar-refractivity contribution in [1.29, 1.82) is 0 Å². The van der Waals surface area contributed by atoms with Gasteiger partial charge in [-0.1, -0.05) is 18.2 Å². The highest BCUT2D eigenvalue weighted by Gasteiger charge is 2.16. The average Bonchev–Trinajstić information content (AvgIpc) is 2.72. The second-order valence-corrected chi connectivity index (χ2v) is 7.78. The summed E-state index contributed by atoms with van der Waals surface area (Å²) in [4.78, 5) is 23.3. The molecule has 8 nitrogen and oxygen atoms in total. The third kappa shape index (κ3) is 6.88. The number of para-hydroxylation sites is 1. The molecule has 0 radical (unpaired) electrons. The van der Waals surface area contributed by atoms with Gasteiger partial charge in [-0.15, -0.1) is 0 Å². The van der Waals surface area contributed by atoms with Crippen LogP contribution in [0.2, 0.25) is 0 Å². The number of sulfonamides is 1. The van der Waals surface area contributed by atoms with Crippen molar-refractivity contribution in [3.8, 4) is 5.75 Å². The maximum atomic E-state index is 12.2. The molecule has 9 heteroatoms. The van der Waals surface area contributed by atoms with Crippen LogP contribution in [0.4, 0.5) is 5.69 Å². The molecule has 2 aromatic carbocycles. The minimum Gasteiger partial charge on any atom is -0.494 e. The maximum Gasteiger partial charge on any atom is 0.320 e. The second kappa shape index (κ2) is 10.6. The number of esters is 1. The van der Waals surface area contributed by atoms with Gasteiger partial charge in [-0.05, 0) is 49.2 Å². The Kier molecular flexibility index (Phi) is 8.17. The lowest BCUT2D eigenvalue weighted by Crippen LogP contribution is -2.30. The molecule has 1 amide bonds. The largest absolute Gasteiger partial charge is 0.494 e. The lowest BCUT2D eigenvalue weighted by Gasteiger charge is -2.10. The standard InChI is InChI=1S/C20H24N2O6S/c1-3-28-18-7-5-4-6-15(18)8-13-19(23)22-16-9-11-17(12-10-16)29(25,26)21-14-20(24)27-2/h4-7,9-12,21H,3,8,13-14H2,1-2H3,(H,22,23). The molecular weight excluding hydrogens is 396 g/mol. The van der Waals surface area contributed by atoms with Crippen LogP contribution in [-0.2, 0) is 30.8 Å². The first-order chi connectivity index (χ1) is 13.9. The molecule has 0 spiro atoms. The van der Waals surface area contributed by atoms with Crippen LogP contribution >= 0.6 is 0 Å². The summed E-state index contributed by atoms with van der Waals surface area (Å²) in [5, 5.41) is 2.73. The molecule has 29 heavy (non-hydrogen) atoms. The van der Waals surface area contributed by atoms with Crippen LogP contribution in [0.1, 0.15) is 18.9 Å². The average molecular weight is 420 g/mol. The highest BCUT2D eigenvalue weighted by Crippen LogP contribution is 2.20. The first kappa shape index (κ1) is 22.4. The lowest BCUT2D eigenvalue weighted by molar-refractivity contribution is -0.139. The van der Waals surface area contributed by atoms with Crippen LogP contribution in [0.5, 0.6) is 5.75 Å². The summed E-state index contributed by atoms with van der Waals surface area (Å²) in [6.07, 6.45) is 0.775. The predicted octanol–water partition coefficient (Wildman–Crippen LogP) is 2.11. The van der Waals surface area contributed by atoms with Gasteiger partial charge in [-0.2, -0.15) is 4.72 Å². The van der Waals surface area contributed by atoms with Gasteiger partial charge in [0.05, 0.1) is 18.6 Å². The van der Waals surface area contributed by atoms with Gasteiger partial charge in [0.25, 0.3) is 0 Å². The molecule has 2 rings (SSSR count). The minimum atomic E-state index is -3.84. The molecule has 0 aliphatic rings. The molecule has 0 aromatic heterocycles. The summed E-state index contributed by atoms with van der Waals surface area (Å²) < 4.78 is 36.3. The van der Waals surface area contributed by atoms with Gasteiger partial charge < -0.3 is 14.8 Å². The van der Waals surface area contributed by atoms with E-state index in [-0.39, 0.29) is 17.2 Å². The molecule has 0 aliphatic heterocycles. The van der Waals surface area contributed by atoms with Crippen molar-refractivity contribution in [1.82, 2.24) is 4.72 Å². The molecule has 0 saturated heterocycles. The Hall–Kier alpha value is -2.91. The third-order valence-corrected chi connectivity index (χ3v) is 5.39. The second-order valence-electron chi connectivity index (χ2n) is 6.01. The molecule has 2 N–H and O–H groups in total. The summed E-state index contributed by atoms with van der Waals surface area (Å²) in [5.74, 6) is -0.129. The van der Waals surface area contributed by atoms with Crippen LogP contribution in [0.25, 0.3) is 0 Å². The van der Waals surface area contributed by atoms with E-state index in [4.69, 9.17) is 4.74 Å². The SMILES string of the molecule is CCOc1ccccc1CCC(=O)Nc1ccc(S(=O)(=O)NCC(=O)OC)cc1. The molecule has 0 atom stereocenters. The van der Waals surface area contributed by atoms with E-state index in [1.807, 2.05) is 31.2 Å². The van der Waals surface area contributed by atoms with E-state index in [1.165, 1.54) is 31.4 Å². The molecule has 0 heterocycles. The van der Waals surface area contributed by atoms with Crippen molar-refractivity contribution in [3.63, 3.8) is 0 Å². The first-order valence-corrected chi connectivity index (χ1v) is 10.5. The Bertz CT molecular complexity index is 942. The number of hydrogen-bond donors (Lipinski definition) is 2. The fourth-order valence-corrected chi connectivity index (χ4v) is 3.47. The van der Waals surface area contributed by atoms with Crippen molar-refractivity contribution in [3.05, 3.63) is 54.1 Å². The Morgan fingerprint density at radius 2 is 1.72 bits per heavy atom. The highest BCUT2D eigenvalue weighted by atomic mass is 32.2. The number of anilines is 1. The zero-order valence-electron chi connectivity index (χ0n) is 16.3. The number of ether oxygens (including phenoxy) is 2. The first-order valence-electron chi connectivity index (χ1n) is 9.03. The van der Waals surface area contributed by atoms with E-state index in [1.54, 1.807) is 0 Å². The molecule has 0 aliphatic carbocycles. The summed E-state index contributed by atoms with van der Waals surface area (Å²) in [6.45, 7) is 1.99. The van der Waals surface area contributed by atoms with Gasteiger partial charge in [0, 0.05) is 12.1 Å². The van der Waals surface area contributed by atoms with E-state index >= 15 is 0 Å². The number of rotatable bonds is 10.